The predicted octanol–water partition coefficient (Wildman–Crippen LogP) is 2.75. The lowest BCUT2D eigenvalue weighted by atomic mass is 10.1. The van der Waals surface area contributed by atoms with Crippen LogP contribution in [-0.4, -0.2) is 34.2 Å². The zero-order valence-electron chi connectivity index (χ0n) is 10.9. The van der Waals surface area contributed by atoms with Crippen LogP contribution >= 0.6 is 27.7 Å². The average molecular weight is 348 g/mol. The van der Waals surface area contributed by atoms with Crippen LogP contribution in [0, 0.1) is 0 Å². The summed E-state index contributed by atoms with van der Waals surface area (Å²) in [5.74, 6) is 0.487. The number of halogens is 1. The Balaban J connectivity index is 2.36. The molecule has 3 N–H and O–H groups in total. The minimum absolute atomic E-state index is 0.511. The van der Waals surface area contributed by atoms with Gasteiger partial charge < -0.3 is 15.6 Å². The molecule has 1 rings (SSSR count). The summed E-state index contributed by atoms with van der Waals surface area (Å²) in [5, 5.41) is 8.91. The van der Waals surface area contributed by atoms with Crippen molar-refractivity contribution in [1.82, 2.24) is 0 Å². The van der Waals surface area contributed by atoms with Gasteiger partial charge in [0, 0.05) is 15.0 Å². The molecule has 0 heterocycles. The van der Waals surface area contributed by atoms with Crippen molar-refractivity contribution in [2.75, 3.05) is 12.4 Å². The molecule has 0 aromatic heterocycles. The first-order valence-electron chi connectivity index (χ1n) is 5.83. The second-order valence-corrected chi connectivity index (χ2v) is 7.24. The van der Waals surface area contributed by atoms with Gasteiger partial charge in [0.1, 0.15) is 11.8 Å². The van der Waals surface area contributed by atoms with Crippen LogP contribution in [-0.2, 0) is 4.79 Å². The molecule has 4 nitrogen and oxygen atoms in total. The Kier molecular flexibility index (Phi) is 6.16. The highest BCUT2D eigenvalue weighted by Crippen LogP contribution is 2.27. The SMILES string of the molecule is CC(C)(SCCOc1cccc(Br)c1)[C@H](N)C(=O)O. The van der Waals surface area contributed by atoms with E-state index in [0.717, 1.165) is 10.2 Å². The zero-order chi connectivity index (χ0) is 14.5. The standard InChI is InChI=1S/C13H18BrNO3S/c1-13(2,11(15)12(16)17)19-7-6-18-10-5-3-4-9(14)8-10/h3-5,8,11H,6-7,15H2,1-2H3,(H,16,17)/t11-/m1/s1. The third-order valence-corrected chi connectivity index (χ3v) is 4.50. The third-order valence-electron chi connectivity index (χ3n) is 2.64. The Morgan fingerprint density at radius 3 is 2.84 bits per heavy atom. The summed E-state index contributed by atoms with van der Waals surface area (Å²) in [6.07, 6.45) is 0. The lowest BCUT2D eigenvalue weighted by molar-refractivity contribution is -0.139. The lowest BCUT2D eigenvalue weighted by Crippen LogP contribution is -2.47. The minimum atomic E-state index is -0.981. The van der Waals surface area contributed by atoms with Crippen LogP contribution in [0.2, 0.25) is 0 Å². The highest BCUT2D eigenvalue weighted by atomic mass is 79.9. The van der Waals surface area contributed by atoms with E-state index in [1.807, 2.05) is 38.1 Å². The summed E-state index contributed by atoms with van der Waals surface area (Å²) < 4.78 is 6.03. The molecule has 0 amide bonds. The van der Waals surface area contributed by atoms with Crippen molar-refractivity contribution in [2.24, 2.45) is 5.73 Å². The number of carbonyl (C=O) groups is 1. The highest BCUT2D eigenvalue weighted by Gasteiger charge is 2.32. The summed E-state index contributed by atoms with van der Waals surface area (Å²) >= 11 is 4.87. The molecule has 0 aliphatic heterocycles. The van der Waals surface area contributed by atoms with E-state index < -0.39 is 16.8 Å². The number of nitrogens with two attached hydrogens (primary N) is 1. The average Bonchev–Trinajstić information content (AvgIpc) is 2.33. The van der Waals surface area contributed by atoms with Crippen LogP contribution in [0.5, 0.6) is 5.75 Å². The molecule has 1 atom stereocenters. The molecule has 0 spiro atoms. The second-order valence-electron chi connectivity index (χ2n) is 4.57. The van der Waals surface area contributed by atoms with E-state index in [2.05, 4.69) is 15.9 Å². The van der Waals surface area contributed by atoms with Gasteiger partial charge in [-0.05, 0) is 32.0 Å². The maximum atomic E-state index is 10.9. The summed E-state index contributed by atoms with van der Waals surface area (Å²) in [6, 6.07) is 6.71. The summed E-state index contributed by atoms with van der Waals surface area (Å²) in [6.45, 7) is 4.17. The van der Waals surface area contributed by atoms with E-state index in [-0.39, 0.29) is 0 Å². The fourth-order valence-corrected chi connectivity index (χ4v) is 2.76. The molecule has 0 aliphatic carbocycles. The van der Waals surface area contributed by atoms with Gasteiger partial charge in [-0.25, -0.2) is 0 Å². The van der Waals surface area contributed by atoms with Crippen LogP contribution in [0.3, 0.4) is 0 Å². The van der Waals surface area contributed by atoms with Crippen LogP contribution in [0.15, 0.2) is 28.7 Å². The molecular formula is C13H18BrNO3S. The van der Waals surface area contributed by atoms with Gasteiger partial charge in [0.2, 0.25) is 0 Å². The molecule has 6 heteroatoms. The largest absolute Gasteiger partial charge is 0.493 e. The van der Waals surface area contributed by atoms with Crippen LogP contribution in [0.25, 0.3) is 0 Å². The Hall–Kier alpha value is -0.720. The molecule has 0 bridgehead atoms. The molecular weight excluding hydrogens is 330 g/mol. The number of hydrogen-bond acceptors (Lipinski definition) is 4. The smallest absolute Gasteiger partial charge is 0.321 e. The first kappa shape index (κ1) is 16.3. The second kappa shape index (κ2) is 7.17. The molecule has 0 fully saturated rings. The normalized spacial score (nSPS) is 13.1. The number of carboxylic acid groups (broad SMARTS) is 1. The number of benzene rings is 1. The molecule has 0 saturated carbocycles. The molecule has 1 aromatic rings. The van der Waals surface area contributed by atoms with Crippen LogP contribution < -0.4 is 10.5 Å². The number of thioether (sulfide) groups is 1. The number of ether oxygens (including phenoxy) is 1. The van der Waals surface area contributed by atoms with E-state index in [1.54, 1.807) is 0 Å². The Morgan fingerprint density at radius 2 is 2.26 bits per heavy atom. The molecule has 106 valence electrons. The van der Waals surface area contributed by atoms with Crippen molar-refractivity contribution in [1.29, 1.82) is 0 Å². The number of carboxylic acids is 1. The monoisotopic (exact) mass is 347 g/mol. The number of aliphatic carboxylic acids is 1. The van der Waals surface area contributed by atoms with Crippen molar-refractivity contribution in [3.63, 3.8) is 0 Å². The van der Waals surface area contributed by atoms with Crippen molar-refractivity contribution in [2.45, 2.75) is 24.6 Å². The Labute approximate surface area is 125 Å². The van der Waals surface area contributed by atoms with Gasteiger partial charge in [0.25, 0.3) is 0 Å². The Bertz CT molecular complexity index is 440. The van der Waals surface area contributed by atoms with Crippen molar-refractivity contribution in [3.8, 4) is 5.75 Å². The van der Waals surface area contributed by atoms with Gasteiger partial charge in [-0.1, -0.05) is 22.0 Å². The number of hydrogen-bond donors (Lipinski definition) is 2. The molecule has 1 aromatic carbocycles. The topological polar surface area (TPSA) is 72.5 Å². The van der Waals surface area contributed by atoms with Crippen molar-refractivity contribution < 1.29 is 14.6 Å². The fraction of sp³-hybridized carbons (Fsp3) is 0.462. The molecule has 0 radical (unpaired) electrons. The minimum Gasteiger partial charge on any atom is -0.493 e. The van der Waals surface area contributed by atoms with Crippen molar-refractivity contribution >= 4 is 33.7 Å². The van der Waals surface area contributed by atoms with Gasteiger partial charge in [0.15, 0.2) is 0 Å². The van der Waals surface area contributed by atoms with Gasteiger partial charge in [-0.3, -0.25) is 4.79 Å². The molecule has 0 saturated heterocycles. The van der Waals surface area contributed by atoms with Crippen LogP contribution in [0.4, 0.5) is 0 Å². The maximum absolute atomic E-state index is 10.9. The van der Waals surface area contributed by atoms with E-state index in [4.69, 9.17) is 15.6 Å². The molecule has 0 unspecified atom stereocenters. The van der Waals surface area contributed by atoms with Gasteiger partial charge >= 0.3 is 5.97 Å². The van der Waals surface area contributed by atoms with Gasteiger partial charge in [0.05, 0.1) is 6.61 Å². The zero-order valence-corrected chi connectivity index (χ0v) is 13.3. The van der Waals surface area contributed by atoms with E-state index >= 15 is 0 Å². The Morgan fingerprint density at radius 1 is 1.58 bits per heavy atom. The van der Waals surface area contributed by atoms with E-state index in [0.29, 0.717) is 12.4 Å². The quantitative estimate of drug-likeness (QED) is 0.742. The first-order chi connectivity index (χ1) is 8.83. The number of rotatable bonds is 7. The van der Waals surface area contributed by atoms with Gasteiger partial charge in [-0.15, -0.1) is 11.8 Å². The van der Waals surface area contributed by atoms with E-state index in [1.165, 1.54) is 11.8 Å². The summed E-state index contributed by atoms with van der Waals surface area (Å²) in [4.78, 5) is 10.9. The lowest BCUT2D eigenvalue weighted by Gasteiger charge is -2.27. The highest BCUT2D eigenvalue weighted by molar-refractivity contribution is 9.10. The van der Waals surface area contributed by atoms with E-state index in [9.17, 15) is 4.79 Å². The molecule has 0 aliphatic rings. The van der Waals surface area contributed by atoms with Gasteiger partial charge in [-0.2, -0.15) is 0 Å². The predicted molar refractivity (Wildman–Crippen MR) is 81.8 cm³/mol. The van der Waals surface area contributed by atoms with Crippen LogP contribution in [0.1, 0.15) is 13.8 Å². The fourth-order valence-electron chi connectivity index (χ4n) is 1.41. The molecule has 19 heavy (non-hydrogen) atoms. The maximum Gasteiger partial charge on any atom is 0.321 e. The third kappa shape index (κ3) is 5.42. The first-order valence-corrected chi connectivity index (χ1v) is 7.61. The summed E-state index contributed by atoms with van der Waals surface area (Å²) in [5.41, 5.74) is 5.64. The summed E-state index contributed by atoms with van der Waals surface area (Å²) in [7, 11) is 0. The van der Waals surface area contributed by atoms with Crippen molar-refractivity contribution in [3.05, 3.63) is 28.7 Å².